The molecule has 1 aromatic carbocycles. The number of isocyanates is 1. The Balaban J connectivity index is 2.17. The van der Waals surface area contributed by atoms with E-state index in [4.69, 9.17) is 4.74 Å². The third-order valence-electron chi connectivity index (χ3n) is 4.15. The van der Waals surface area contributed by atoms with E-state index in [2.05, 4.69) is 40.0 Å². The van der Waals surface area contributed by atoms with Gasteiger partial charge in [0.2, 0.25) is 6.08 Å². The fourth-order valence-corrected chi connectivity index (χ4v) is 3.83. The number of aliphatic imine (C=N–C) groups is 1. The Labute approximate surface area is 121 Å². The van der Waals surface area contributed by atoms with Gasteiger partial charge in [0.25, 0.3) is 0 Å². The highest BCUT2D eigenvalue weighted by atomic mass is 79.9. The molecule has 19 heavy (non-hydrogen) atoms. The highest BCUT2D eigenvalue weighted by molar-refractivity contribution is 9.10. The van der Waals surface area contributed by atoms with Crippen molar-refractivity contribution in [3.05, 3.63) is 27.7 Å². The van der Waals surface area contributed by atoms with E-state index in [-0.39, 0.29) is 6.10 Å². The summed E-state index contributed by atoms with van der Waals surface area (Å²) in [7, 11) is 0. The van der Waals surface area contributed by atoms with Crippen molar-refractivity contribution in [2.75, 3.05) is 0 Å². The van der Waals surface area contributed by atoms with Crippen LogP contribution >= 0.6 is 15.9 Å². The number of benzene rings is 1. The van der Waals surface area contributed by atoms with Gasteiger partial charge in [0, 0.05) is 16.5 Å². The molecule has 1 saturated carbocycles. The van der Waals surface area contributed by atoms with Gasteiger partial charge in [-0.15, -0.1) is 0 Å². The Morgan fingerprint density at radius 3 is 2.84 bits per heavy atom. The van der Waals surface area contributed by atoms with Crippen LogP contribution in [0.15, 0.2) is 21.6 Å². The molecule has 2 aliphatic rings. The fourth-order valence-electron chi connectivity index (χ4n) is 3.33. The van der Waals surface area contributed by atoms with E-state index in [1.165, 1.54) is 5.56 Å². The molecule has 4 heteroatoms. The van der Waals surface area contributed by atoms with E-state index in [1.54, 1.807) is 6.08 Å². The molecule has 1 atom stereocenters. The molecule has 1 fully saturated rings. The van der Waals surface area contributed by atoms with Gasteiger partial charge in [-0.25, -0.2) is 4.79 Å². The largest absolute Gasteiger partial charge is 0.490 e. The summed E-state index contributed by atoms with van der Waals surface area (Å²) < 4.78 is 7.00. The van der Waals surface area contributed by atoms with Gasteiger partial charge in [0.05, 0.1) is 0 Å². The average molecular weight is 322 g/mol. The highest BCUT2D eigenvalue weighted by Crippen LogP contribution is 2.49. The maximum atomic E-state index is 10.8. The Hall–Kier alpha value is -1.12. The highest BCUT2D eigenvalue weighted by Gasteiger charge is 2.40. The zero-order valence-corrected chi connectivity index (χ0v) is 12.5. The second-order valence-corrected chi connectivity index (χ2v) is 6.43. The zero-order chi connectivity index (χ0) is 13.5. The number of ether oxygens (including phenoxy) is 1. The summed E-state index contributed by atoms with van der Waals surface area (Å²) >= 11 is 3.56. The maximum absolute atomic E-state index is 10.8. The predicted molar refractivity (Wildman–Crippen MR) is 76.2 cm³/mol. The van der Waals surface area contributed by atoms with Crippen LogP contribution in [-0.2, 0) is 16.8 Å². The molecular formula is C15H16BrNO2. The molecule has 1 unspecified atom stereocenters. The summed E-state index contributed by atoms with van der Waals surface area (Å²) in [4.78, 5) is 15.0. The smallest absolute Gasteiger partial charge is 0.235 e. The number of halogens is 1. The number of fused-ring (bicyclic) bond motifs is 1. The lowest BCUT2D eigenvalue weighted by Crippen LogP contribution is -2.20. The van der Waals surface area contributed by atoms with Crippen LogP contribution in [0.1, 0.15) is 43.7 Å². The maximum Gasteiger partial charge on any atom is 0.235 e. The van der Waals surface area contributed by atoms with Crippen LogP contribution in [0, 0.1) is 0 Å². The summed E-state index contributed by atoms with van der Waals surface area (Å²) in [5, 5.41) is 0. The van der Waals surface area contributed by atoms with Crippen LogP contribution in [0.4, 0.5) is 0 Å². The minimum atomic E-state index is -0.417. The third-order valence-corrected chi connectivity index (χ3v) is 4.61. The Kier molecular flexibility index (Phi) is 3.23. The van der Waals surface area contributed by atoms with E-state index >= 15 is 0 Å². The van der Waals surface area contributed by atoms with Crippen molar-refractivity contribution in [1.82, 2.24) is 0 Å². The SMILES string of the molecule is CC1Cc2cc(Br)cc(C3(N=C=O)CCCC3)c2O1. The van der Waals surface area contributed by atoms with Crippen molar-refractivity contribution in [2.24, 2.45) is 4.99 Å². The quantitative estimate of drug-likeness (QED) is 0.612. The van der Waals surface area contributed by atoms with Gasteiger partial charge < -0.3 is 4.74 Å². The molecule has 0 aromatic heterocycles. The summed E-state index contributed by atoms with van der Waals surface area (Å²) in [6.45, 7) is 2.07. The second-order valence-electron chi connectivity index (χ2n) is 5.52. The molecule has 0 bridgehead atoms. The summed E-state index contributed by atoms with van der Waals surface area (Å²) in [6, 6.07) is 4.17. The van der Waals surface area contributed by atoms with Crippen LogP contribution in [0.3, 0.4) is 0 Å². The number of hydrogen-bond donors (Lipinski definition) is 0. The summed E-state index contributed by atoms with van der Waals surface area (Å²) in [6.07, 6.45) is 6.90. The molecular weight excluding hydrogens is 306 g/mol. The molecule has 1 aromatic rings. The molecule has 3 rings (SSSR count). The molecule has 0 radical (unpaired) electrons. The lowest BCUT2D eigenvalue weighted by molar-refractivity contribution is 0.247. The van der Waals surface area contributed by atoms with Gasteiger partial charge in [-0.3, -0.25) is 0 Å². The topological polar surface area (TPSA) is 38.7 Å². The van der Waals surface area contributed by atoms with Gasteiger partial charge in [-0.2, -0.15) is 4.99 Å². The first-order valence-corrected chi connectivity index (χ1v) is 7.52. The van der Waals surface area contributed by atoms with Gasteiger partial charge in [0.1, 0.15) is 17.4 Å². The molecule has 1 heterocycles. The first kappa shape index (κ1) is 12.9. The molecule has 0 N–H and O–H groups in total. The number of hydrogen-bond acceptors (Lipinski definition) is 3. The van der Waals surface area contributed by atoms with E-state index in [0.717, 1.165) is 47.9 Å². The Morgan fingerprint density at radius 1 is 1.42 bits per heavy atom. The lowest BCUT2D eigenvalue weighted by atomic mass is 9.87. The van der Waals surface area contributed by atoms with Gasteiger partial charge in [-0.1, -0.05) is 28.8 Å². The molecule has 3 nitrogen and oxygen atoms in total. The molecule has 100 valence electrons. The predicted octanol–water partition coefficient (Wildman–Crippen LogP) is 3.88. The zero-order valence-electron chi connectivity index (χ0n) is 10.9. The summed E-state index contributed by atoms with van der Waals surface area (Å²) in [5.41, 5.74) is 1.85. The van der Waals surface area contributed by atoms with Crippen LogP contribution in [0.25, 0.3) is 0 Å². The van der Waals surface area contributed by atoms with Crippen molar-refractivity contribution in [3.8, 4) is 5.75 Å². The van der Waals surface area contributed by atoms with Crippen molar-refractivity contribution in [3.63, 3.8) is 0 Å². The normalized spacial score (nSPS) is 23.6. The molecule has 1 aliphatic heterocycles. The molecule has 0 saturated heterocycles. The number of rotatable bonds is 2. The van der Waals surface area contributed by atoms with Gasteiger partial charge in [0.15, 0.2) is 0 Å². The summed E-state index contributed by atoms with van der Waals surface area (Å²) in [5.74, 6) is 0.941. The number of carbonyl (C=O) groups excluding carboxylic acids is 1. The Morgan fingerprint density at radius 2 is 2.16 bits per heavy atom. The van der Waals surface area contributed by atoms with Crippen LogP contribution in [0.5, 0.6) is 5.75 Å². The third kappa shape index (κ3) is 2.13. The van der Waals surface area contributed by atoms with Crippen molar-refractivity contribution < 1.29 is 9.53 Å². The Bertz CT molecular complexity index is 558. The van der Waals surface area contributed by atoms with E-state index in [9.17, 15) is 4.79 Å². The van der Waals surface area contributed by atoms with Crippen LogP contribution < -0.4 is 4.74 Å². The first-order valence-electron chi connectivity index (χ1n) is 6.73. The minimum absolute atomic E-state index is 0.196. The second kappa shape index (κ2) is 4.77. The fraction of sp³-hybridized carbons (Fsp3) is 0.533. The number of nitrogens with zero attached hydrogens (tertiary/aromatic N) is 1. The first-order chi connectivity index (χ1) is 9.14. The van der Waals surface area contributed by atoms with E-state index in [1.807, 2.05) is 0 Å². The standard InChI is InChI=1S/C15H16BrNO2/c1-10-6-11-7-12(16)8-13(14(11)19-10)15(17-9-18)4-2-3-5-15/h7-8,10H,2-6H2,1H3. The molecule has 0 amide bonds. The monoisotopic (exact) mass is 321 g/mol. The average Bonchev–Trinajstić information content (AvgIpc) is 2.95. The lowest BCUT2D eigenvalue weighted by Gasteiger charge is -2.25. The van der Waals surface area contributed by atoms with Crippen LogP contribution in [-0.4, -0.2) is 12.2 Å². The van der Waals surface area contributed by atoms with Gasteiger partial charge >= 0.3 is 0 Å². The van der Waals surface area contributed by atoms with Gasteiger partial charge in [-0.05, 0) is 37.5 Å². The van der Waals surface area contributed by atoms with Crippen molar-refractivity contribution in [2.45, 2.75) is 50.7 Å². The van der Waals surface area contributed by atoms with Crippen molar-refractivity contribution in [1.29, 1.82) is 0 Å². The minimum Gasteiger partial charge on any atom is -0.490 e. The molecule has 1 aliphatic carbocycles. The van der Waals surface area contributed by atoms with Crippen molar-refractivity contribution >= 4 is 22.0 Å². The van der Waals surface area contributed by atoms with Crippen LogP contribution in [0.2, 0.25) is 0 Å². The van der Waals surface area contributed by atoms with E-state index < -0.39 is 5.54 Å². The van der Waals surface area contributed by atoms with E-state index in [0.29, 0.717) is 0 Å². The molecule has 0 spiro atoms.